The maximum absolute atomic E-state index is 11.8. The summed E-state index contributed by atoms with van der Waals surface area (Å²) < 4.78 is 0. The Balaban J connectivity index is 2.16. The van der Waals surface area contributed by atoms with Crippen LogP contribution in [-0.2, 0) is 11.3 Å². The summed E-state index contributed by atoms with van der Waals surface area (Å²) in [6.45, 7) is 4.22. The third kappa shape index (κ3) is 2.76. The molecule has 0 radical (unpaired) electrons. The monoisotopic (exact) mass is 267 g/mol. The Morgan fingerprint density at radius 1 is 1.56 bits per heavy atom. The summed E-state index contributed by atoms with van der Waals surface area (Å²) >= 11 is 5.98. The van der Waals surface area contributed by atoms with E-state index in [0.717, 1.165) is 24.2 Å². The Morgan fingerprint density at radius 2 is 2.33 bits per heavy atom. The highest BCUT2D eigenvalue weighted by Gasteiger charge is 2.28. The minimum Gasteiger partial charge on any atom is -0.398 e. The highest BCUT2D eigenvalue weighted by atomic mass is 35.5. The maximum Gasteiger partial charge on any atom is 0.237 e. The summed E-state index contributed by atoms with van der Waals surface area (Å²) in [6, 6.07) is 5.39. The van der Waals surface area contributed by atoms with E-state index in [-0.39, 0.29) is 11.9 Å². The van der Waals surface area contributed by atoms with Crippen molar-refractivity contribution in [3.05, 3.63) is 28.8 Å². The van der Waals surface area contributed by atoms with Crippen LogP contribution in [0.2, 0.25) is 5.02 Å². The number of hydrogen-bond acceptors (Lipinski definition) is 3. The topological polar surface area (TPSA) is 58.4 Å². The minimum absolute atomic E-state index is 0.0721. The van der Waals surface area contributed by atoms with E-state index in [1.54, 1.807) is 6.07 Å². The van der Waals surface area contributed by atoms with Crippen molar-refractivity contribution >= 4 is 23.2 Å². The number of nitrogens with zero attached hydrogens (tertiary/aromatic N) is 1. The standard InChI is InChI=1S/C13H18ClN3O/c1-2-12-13(18)16-5-6-17(12)8-9-7-10(14)3-4-11(9)15/h3-4,7,12H,2,5-6,8,15H2,1H3,(H,16,18). The van der Waals surface area contributed by atoms with Gasteiger partial charge in [-0.3, -0.25) is 9.69 Å². The van der Waals surface area contributed by atoms with Crippen molar-refractivity contribution in [2.24, 2.45) is 0 Å². The molecule has 3 N–H and O–H groups in total. The fourth-order valence-corrected chi connectivity index (χ4v) is 2.52. The lowest BCUT2D eigenvalue weighted by Crippen LogP contribution is -2.54. The van der Waals surface area contributed by atoms with Crippen LogP contribution in [0.5, 0.6) is 0 Å². The average molecular weight is 268 g/mol. The van der Waals surface area contributed by atoms with Crippen LogP contribution in [0, 0.1) is 0 Å². The van der Waals surface area contributed by atoms with Crippen molar-refractivity contribution in [2.75, 3.05) is 18.8 Å². The van der Waals surface area contributed by atoms with E-state index in [2.05, 4.69) is 10.2 Å². The van der Waals surface area contributed by atoms with E-state index in [9.17, 15) is 4.79 Å². The number of nitrogens with two attached hydrogens (primary N) is 1. The second-order valence-corrected chi connectivity index (χ2v) is 4.97. The predicted octanol–water partition coefficient (Wildman–Crippen LogP) is 1.63. The van der Waals surface area contributed by atoms with Crippen molar-refractivity contribution in [3.63, 3.8) is 0 Å². The molecule has 0 aromatic heterocycles. The molecular weight excluding hydrogens is 250 g/mol. The van der Waals surface area contributed by atoms with Crippen LogP contribution in [0.15, 0.2) is 18.2 Å². The largest absolute Gasteiger partial charge is 0.398 e. The molecule has 1 fully saturated rings. The molecule has 1 aromatic carbocycles. The third-order valence-electron chi connectivity index (χ3n) is 3.31. The Hall–Kier alpha value is -1.26. The molecule has 0 spiro atoms. The minimum atomic E-state index is -0.0721. The molecule has 98 valence electrons. The molecule has 4 nitrogen and oxygen atoms in total. The predicted molar refractivity (Wildman–Crippen MR) is 73.4 cm³/mol. The van der Waals surface area contributed by atoms with Gasteiger partial charge in [0.15, 0.2) is 0 Å². The summed E-state index contributed by atoms with van der Waals surface area (Å²) in [5.41, 5.74) is 7.65. The van der Waals surface area contributed by atoms with Gasteiger partial charge in [-0.2, -0.15) is 0 Å². The lowest BCUT2D eigenvalue weighted by molar-refractivity contribution is -0.129. The van der Waals surface area contributed by atoms with Gasteiger partial charge in [0.25, 0.3) is 0 Å². The Kier molecular flexibility index (Phi) is 4.09. The van der Waals surface area contributed by atoms with Gasteiger partial charge < -0.3 is 11.1 Å². The number of anilines is 1. The quantitative estimate of drug-likeness (QED) is 0.819. The summed E-state index contributed by atoms with van der Waals surface area (Å²) in [5.74, 6) is 0.101. The molecule has 1 amide bonds. The van der Waals surface area contributed by atoms with E-state index in [1.165, 1.54) is 0 Å². The van der Waals surface area contributed by atoms with Crippen LogP contribution >= 0.6 is 11.6 Å². The first-order chi connectivity index (χ1) is 8.61. The van der Waals surface area contributed by atoms with Crippen LogP contribution in [0.4, 0.5) is 5.69 Å². The zero-order valence-corrected chi connectivity index (χ0v) is 11.2. The number of piperazine rings is 1. The van der Waals surface area contributed by atoms with Gasteiger partial charge >= 0.3 is 0 Å². The van der Waals surface area contributed by atoms with Crippen molar-refractivity contribution in [1.82, 2.24) is 10.2 Å². The van der Waals surface area contributed by atoms with Gasteiger partial charge in [0.2, 0.25) is 5.91 Å². The molecule has 1 aromatic rings. The number of amides is 1. The number of nitrogen functional groups attached to an aromatic ring is 1. The van der Waals surface area contributed by atoms with Crippen LogP contribution in [0.1, 0.15) is 18.9 Å². The SMILES string of the molecule is CCC1C(=O)NCCN1Cc1cc(Cl)ccc1N. The molecule has 1 aliphatic heterocycles. The van der Waals surface area contributed by atoms with Gasteiger partial charge in [0, 0.05) is 30.3 Å². The van der Waals surface area contributed by atoms with Crippen molar-refractivity contribution in [2.45, 2.75) is 25.9 Å². The van der Waals surface area contributed by atoms with Crippen molar-refractivity contribution in [1.29, 1.82) is 0 Å². The van der Waals surface area contributed by atoms with E-state index < -0.39 is 0 Å². The van der Waals surface area contributed by atoms with Crippen molar-refractivity contribution < 1.29 is 4.79 Å². The smallest absolute Gasteiger partial charge is 0.237 e. The summed E-state index contributed by atoms with van der Waals surface area (Å²) in [4.78, 5) is 13.9. The number of carbonyl (C=O) groups is 1. The maximum atomic E-state index is 11.8. The van der Waals surface area contributed by atoms with Crippen LogP contribution in [-0.4, -0.2) is 29.9 Å². The fraction of sp³-hybridized carbons (Fsp3) is 0.462. The van der Waals surface area contributed by atoms with Crippen LogP contribution in [0.25, 0.3) is 0 Å². The molecule has 0 saturated carbocycles. The van der Waals surface area contributed by atoms with Gasteiger partial charge in [-0.1, -0.05) is 18.5 Å². The second-order valence-electron chi connectivity index (χ2n) is 4.53. The molecule has 2 rings (SSSR count). The normalized spacial score (nSPS) is 20.8. The van der Waals surface area contributed by atoms with E-state index >= 15 is 0 Å². The Bertz CT molecular complexity index is 450. The first-order valence-corrected chi connectivity index (χ1v) is 6.55. The van der Waals surface area contributed by atoms with Gasteiger partial charge in [0.1, 0.15) is 0 Å². The summed E-state index contributed by atoms with van der Waals surface area (Å²) in [6.07, 6.45) is 0.798. The lowest BCUT2D eigenvalue weighted by atomic mass is 10.1. The molecule has 1 unspecified atom stereocenters. The third-order valence-corrected chi connectivity index (χ3v) is 3.54. The zero-order chi connectivity index (χ0) is 13.1. The molecule has 18 heavy (non-hydrogen) atoms. The molecule has 1 saturated heterocycles. The van der Waals surface area contributed by atoms with Crippen LogP contribution in [0.3, 0.4) is 0 Å². The molecule has 0 aliphatic carbocycles. The van der Waals surface area contributed by atoms with Gasteiger partial charge in [-0.25, -0.2) is 0 Å². The summed E-state index contributed by atoms with van der Waals surface area (Å²) in [7, 11) is 0. The Morgan fingerprint density at radius 3 is 3.06 bits per heavy atom. The molecule has 1 atom stereocenters. The number of nitrogens with one attached hydrogen (secondary N) is 1. The fourth-order valence-electron chi connectivity index (χ4n) is 2.33. The number of rotatable bonds is 3. The number of carbonyl (C=O) groups excluding carboxylic acids is 1. The number of halogens is 1. The van der Waals surface area contributed by atoms with Gasteiger partial charge in [-0.05, 0) is 30.2 Å². The van der Waals surface area contributed by atoms with Crippen molar-refractivity contribution in [3.8, 4) is 0 Å². The molecule has 5 heteroatoms. The summed E-state index contributed by atoms with van der Waals surface area (Å²) in [5, 5.41) is 3.56. The highest BCUT2D eigenvalue weighted by Crippen LogP contribution is 2.21. The van der Waals surface area contributed by atoms with E-state index in [4.69, 9.17) is 17.3 Å². The lowest BCUT2D eigenvalue weighted by Gasteiger charge is -2.34. The highest BCUT2D eigenvalue weighted by molar-refractivity contribution is 6.30. The molecule has 0 bridgehead atoms. The molecule has 1 heterocycles. The zero-order valence-electron chi connectivity index (χ0n) is 10.4. The first kappa shape index (κ1) is 13.2. The van der Waals surface area contributed by atoms with E-state index in [0.29, 0.717) is 18.1 Å². The molecule has 1 aliphatic rings. The molecular formula is C13H18ClN3O. The van der Waals surface area contributed by atoms with E-state index in [1.807, 2.05) is 19.1 Å². The van der Waals surface area contributed by atoms with Crippen LogP contribution < -0.4 is 11.1 Å². The average Bonchev–Trinajstić information content (AvgIpc) is 2.34. The Labute approximate surface area is 112 Å². The first-order valence-electron chi connectivity index (χ1n) is 6.17. The second kappa shape index (κ2) is 5.59. The van der Waals surface area contributed by atoms with Gasteiger partial charge in [-0.15, -0.1) is 0 Å². The number of hydrogen-bond donors (Lipinski definition) is 2. The number of benzene rings is 1. The van der Waals surface area contributed by atoms with Gasteiger partial charge in [0.05, 0.1) is 6.04 Å².